The van der Waals surface area contributed by atoms with E-state index in [1.54, 1.807) is 18.2 Å². The summed E-state index contributed by atoms with van der Waals surface area (Å²) in [5, 5.41) is 8.17. The highest BCUT2D eigenvalue weighted by atomic mass is 19.1. The number of rotatable bonds is 13. The molecule has 7 heteroatoms. The van der Waals surface area contributed by atoms with E-state index in [0.29, 0.717) is 31.2 Å². The molecule has 0 aliphatic carbocycles. The second-order valence-electron chi connectivity index (χ2n) is 7.32. The van der Waals surface area contributed by atoms with Crippen LogP contribution in [0.25, 0.3) is 11.5 Å². The zero-order valence-electron chi connectivity index (χ0n) is 18.3. The van der Waals surface area contributed by atoms with Crippen LogP contribution in [0.15, 0.2) is 59.0 Å². The van der Waals surface area contributed by atoms with Gasteiger partial charge in [0.1, 0.15) is 5.82 Å². The van der Waals surface area contributed by atoms with Gasteiger partial charge in [0.05, 0.1) is 25.3 Å². The molecule has 0 amide bonds. The van der Waals surface area contributed by atoms with E-state index in [2.05, 4.69) is 46.0 Å². The number of benzene rings is 2. The van der Waals surface area contributed by atoms with Gasteiger partial charge in [0.2, 0.25) is 5.89 Å². The van der Waals surface area contributed by atoms with Gasteiger partial charge in [0, 0.05) is 19.6 Å². The van der Waals surface area contributed by atoms with Gasteiger partial charge >= 0.3 is 0 Å². The van der Waals surface area contributed by atoms with E-state index in [9.17, 15) is 4.39 Å². The van der Waals surface area contributed by atoms with E-state index in [-0.39, 0.29) is 11.7 Å². The maximum atomic E-state index is 14.0. The SMILES string of the molecule is CCN(CC)CCOCCN(Cc1ccccc1)Cc1nnc(-c2ccccc2F)o1. The largest absolute Gasteiger partial charge is 0.419 e. The molecule has 31 heavy (non-hydrogen) atoms. The molecule has 6 nitrogen and oxygen atoms in total. The lowest BCUT2D eigenvalue weighted by Crippen LogP contribution is -2.30. The molecule has 1 heterocycles. The molecule has 166 valence electrons. The van der Waals surface area contributed by atoms with Gasteiger partial charge in [0.15, 0.2) is 0 Å². The molecule has 0 atom stereocenters. The van der Waals surface area contributed by atoms with E-state index in [0.717, 1.165) is 32.7 Å². The average Bonchev–Trinajstić information content (AvgIpc) is 3.25. The minimum atomic E-state index is -0.375. The summed E-state index contributed by atoms with van der Waals surface area (Å²) in [6.45, 7) is 10.6. The molecule has 3 rings (SSSR count). The molecule has 0 unspecified atom stereocenters. The fourth-order valence-electron chi connectivity index (χ4n) is 3.34. The Hall–Kier alpha value is -2.61. The van der Waals surface area contributed by atoms with Crippen LogP contribution in [0.1, 0.15) is 25.3 Å². The summed E-state index contributed by atoms with van der Waals surface area (Å²) >= 11 is 0. The molecular weight excluding hydrogens is 395 g/mol. The van der Waals surface area contributed by atoms with Gasteiger partial charge in [-0.05, 0) is 30.8 Å². The highest BCUT2D eigenvalue weighted by Gasteiger charge is 2.15. The fraction of sp³-hybridized carbons (Fsp3) is 0.417. The third-order valence-electron chi connectivity index (χ3n) is 5.18. The second-order valence-corrected chi connectivity index (χ2v) is 7.32. The Labute approximate surface area is 183 Å². The molecule has 3 aromatic rings. The summed E-state index contributed by atoms with van der Waals surface area (Å²) in [6.07, 6.45) is 0. The van der Waals surface area contributed by atoms with E-state index in [1.165, 1.54) is 11.6 Å². The van der Waals surface area contributed by atoms with Crippen LogP contribution in [-0.4, -0.2) is 59.4 Å². The third kappa shape index (κ3) is 7.24. The van der Waals surface area contributed by atoms with Crippen LogP contribution in [0.2, 0.25) is 0 Å². The number of halogens is 1. The summed E-state index contributed by atoms with van der Waals surface area (Å²) in [7, 11) is 0. The zero-order chi connectivity index (χ0) is 21.9. The molecule has 0 aliphatic rings. The maximum absolute atomic E-state index is 14.0. The van der Waals surface area contributed by atoms with E-state index < -0.39 is 0 Å². The fourth-order valence-corrected chi connectivity index (χ4v) is 3.34. The average molecular weight is 427 g/mol. The minimum Gasteiger partial charge on any atom is -0.419 e. The van der Waals surface area contributed by atoms with Crippen molar-refractivity contribution >= 4 is 0 Å². The minimum absolute atomic E-state index is 0.197. The monoisotopic (exact) mass is 426 g/mol. The summed E-state index contributed by atoms with van der Waals surface area (Å²) in [6, 6.07) is 16.6. The van der Waals surface area contributed by atoms with Crippen LogP contribution >= 0.6 is 0 Å². The number of aromatic nitrogens is 2. The van der Waals surface area contributed by atoms with Crippen molar-refractivity contribution in [2.45, 2.75) is 26.9 Å². The van der Waals surface area contributed by atoms with Gasteiger partial charge in [-0.25, -0.2) is 4.39 Å². The molecule has 2 aromatic carbocycles. The standard InChI is InChI=1S/C24H31FN4O2/c1-3-28(4-2)14-16-30-17-15-29(18-20-10-6-5-7-11-20)19-23-26-27-24(31-23)21-12-8-9-13-22(21)25/h5-13H,3-4,14-19H2,1-2H3. The predicted molar refractivity (Wildman–Crippen MR) is 119 cm³/mol. The molecule has 0 aliphatic heterocycles. The molecule has 0 radical (unpaired) electrons. The van der Waals surface area contributed by atoms with Crippen LogP contribution in [0.4, 0.5) is 4.39 Å². The first-order chi connectivity index (χ1) is 15.2. The third-order valence-corrected chi connectivity index (χ3v) is 5.18. The Bertz CT molecular complexity index is 899. The summed E-state index contributed by atoms with van der Waals surface area (Å²) in [5.74, 6) is 0.279. The molecular formula is C24H31FN4O2. The lowest BCUT2D eigenvalue weighted by Gasteiger charge is -2.22. The van der Waals surface area contributed by atoms with Crippen LogP contribution in [0.5, 0.6) is 0 Å². The highest BCUT2D eigenvalue weighted by molar-refractivity contribution is 5.53. The summed E-state index contributed by atoms with van der Waals surface area (Å²) in [4.78, 5) is 4.54. The van der Waals surface area contributed by atoms with Crippen LogP contribution in [-0.2, 0) is 17.8 Å². The number of hydrogen-bond donors (Lipinski definition) is 0. The number of hydrogen-bond acceptors (Lipinski definition) is 6. The van der Waals surface area contributed by atoms with Crippen LogP contribution in [0.3, 0.4) is 0 Å². The van der Waals surface area contributed by atoms with Crippen molar-refractivity contribution in [3.8, 4) is 11.5 Å². The van der Waals surface area contributed by atoms with Crippen molar-refractivity contribution in [3.63, 3.8) is 0 Å². The first kappa shape index (κ1) is 23.1. The highest BCUT2D eigenvalue weighted by Crippen LogP contribution is 2.21. The lowest BCUT2D eigenvalue weighted by atomic mass is 10.2. The van der Waals surface area contributed by atoms with Crippen molar-refractivity contribution in [3.05, 3.63) is 71.9 Å². The van der Waals surface area contributed by atoms with Crippen molar-refractivity contribution in [2.75, 3.05) is 39.4 Å². The predicted octanol–water partition coefficient (Wildman–Crippen LogP) is 4.24. The number of nitrogens with zero attached hydrogens (tertiary/aromatic N) is 4. The van der Waals surface area contributed by atoms with Crippen molar-refractivity contribution in [1.29, 1.82) is 0 Å². The summed E-state index contributed by atoms with van der Waals surface area (Å²) in [5.41, 5.74) is 1.51. The molecule has 0 bridgehead atoms. The Morgan fingerprint density at radius 2 is 1.52 bits per heavy atom. The van der Waals surface area contributed by atoms with Gasteiger partial charge in [0.25, 0.3) is 5.89 Å². The zero-order valence-corrected chi connectivity index (χ0v) is 18.3. The first-order valence-corrected chi connectivity index (χ1v) is 10.8. The Balaban J connectivity index is 1.60. The van der Waals surface area contributed by atoms with Crippen LogP contribution in [0, 0.1) is 5.82 Å². The van der Waals surface area contributed by atoms with Crippen molar-refractivity contribution < 1.29 is 13.5 Å². The van der Waals surface area contributed by atoms with E-state index in [1.807, 2.05) is 18.2 Å². The number of ether oxygens (including phenoxy) is 1. The van der Waals surface area contributed by atoms with Gasteiger partial charge < -0.3 is 14.1 Å². The first-order valence-electron chi connectivity index (χ1n) is 10.8. The topological polar surface area (TPSA) is 54.6 Å². The molecule has 0 spiro atoms. The molecule has 0 saturated heterocycles. The van der Waals surface area contributed by atoms with Gasteiger partial charge in [-0.15, -0.1) is 10.2 Å². The molecule has 0 saturated carbocycles. The lowest BCUT2D eigenvalue weighted by molar-refractivity contribution is 0.0789. The Morgan fingerprint density at radius 3 is 2.23 bits per heavy atom. The van der Waals surface area contributed by atoms with Gasteiger partial charge in [-0.3, -0.25) is 4.90 Å². The Kier molecular flexibility index (Phi) is 9.15. The quantitative estimate of drug-likeness (QED) is 0.381. The van der Waals surface area contributed by atoms with Crippen molar-refractivity contribution in [2.24, 2.45) is 0 Å². The maximum Gasteiger partial charge on any atom is 0.250 e. The van der Waals surface area contributed by atoms with E-state index in [4.69, 9.17) is 9.15 Å². The van der Waals surface area contributed by atoms with Gasteiger partial charge in [-0.2, -0.15) is 0 Å². The smallest absolute Gasteiger partial charge is 0.250 e. The molecule has 1 aromatic heterocycles. The normalized spacial score (nSPS) is 11.5. The molecule has 0 N–H and O–H groups in total. The van der Waals surface area contributed by atoms with E-state index >= 15 is 0 Å². The Morgan fingerprint density at radius 1 is 0.839 bits per heavy atom. The number of likely N-dealkylation sites (N-methyl/N-ethyl adjacent to an activating group) is 1. The second kappa shape index (κ2) is 12.3. The molecule has 0 fully saturated rings. The van der Waals surface area contributed by atoms with Crippen LogP contribution < -0.4 is 0 Å². The summed E-state index contributed by atoms with van der Waals surface area (Å²) < 4.78 is 25.6. The van der Waals surface area contributed by atoms with Crippen molar-refractivity contribution in [1.82, 2.24) is 20.0 Å². The van der Waals surface area contributed by atoms with Gasteiger partial charge in [-0.1, -0.05) is 56.3 Å².